The number of rotatable bonds is 6. The van der Waals surface area contributed by atoms with Crippen molar-refractivity contribution in [2.45, 2.75) is 45.1 Å². The molecule has 5 aliphatic rings. The quantitative estimate of drug-likeness (QED) is 0.703. The Bertz CT molecular complexity index is 896. The number of piperazine rings is 1. The molecule has 1 saturated heterocycles. The summed E-state index contributed by atoms with van der Waals surface area (Å²) in [7, 11) is 0. The smallest absolute Gasteiger partial charge is 0.242 e. The third-order valence-corrected chi connectivity index (χ3v) is 8.26. The lowest BCUT2D eigenvalue weighted by atomic mass is 9.67. The van der Waals surface area contributed by atoms with Gasteiger partial charge in [0.2, 0.25) is 11.8 Å². The number of phenols is 1. The average molecular weight is 448 g/mol. The standard InChI is InChI=1S/C24H31F2N3O3/c25-19-7-18(21(30)8-20(19)26)14-28-1-3-29(4-2-28)23(32)13-27-22(31)12-24-9-15-5-16(10-24)17(6-15)11-24/h7-8,15-17,30H,1-6,9-14H2,(H,27,31). The van der Waals surface area contributed by atoms with Crippen molar-refractivity contribution < 1.29 is 23.5 Å². The van der Waals surface area contributed by atoms with Crippen LogP contribution in [-0.2, 0) is 16.1 Å². The molecule has 2 amide bonds. The van der Waals surface area contributed by atoms with Crippen molar-refractivity contribution in [3.63, 3.8) is 0 Å². The van der Waals surface area contributed by atoms with Gasteiger partial charge in [-0.2, -0.15) is 0 Å². The Morgan fingerprint density at radius 1 is 1.03 bits per heavy atom. The molecule has 4 saturated carbocycles. The summed E-state index contributed by atoms with van der Waals surface area (Å²) in [5.74, 6) is 0.0342. The van der Waals surface area contributed by atoms with Gasteiger partial charge < -0.3 is 15.3 Å². The Morgan fingerprint density at radius 3 is 2.34 bits per heavy atom. The number of phenolic OH excluding ortho intramolecular Hbond substituents is 1. The number of hydrogen-bond acceptors (Lipinski definition) is 4. The lowest BCUT2D eigenvalue weighted by molar-refractivity contribution is -0.135. The lowest BCUT2D eigenvalue weighted by Crippen LogP contribution is -2.51. The highest BCUT2D eigenvalue weighted by Gasteiger charge is 2.56. The van der Waals surface area contributed by atoms with E-state index in [1.54, 1.807) is 4.90 Å². The molecule has 2 N–H and O–H groups in total. The Morgan fingerprint density at radius 2 is 1.69 bits per heavy atom. The number of nitrogens with zero attached hydrogens (tertiary/aromatic N) is 2. The summed E-state index contributed by atoms with van der Waals surface area (Å²) in [6.07, 6.45) is 6.81. The summed E-state index contributed by atoms with van der Waals surface area (Å²) < 4.78 is 26.6. The van der Waals surface area contributed by atoms with E-state index in [9.17, 15) is 23.5 Å². The first-order valence-electron chi connectivity index (χ1n) is 11.7. The SMILES string of the molecule is O=C(CC12CC3CC(C1)C(C3)C2)NCC(=O)N1CCN(Cc2cc(F)c(F)cc2O)CC1. The maximum absolute atomic E-state index is 13.5. The molecule has 32 heavy (non-hydrogen) atoms. The van der Waals surface area contributed by atoms with Crippen LogP contribution < -0.4 is 5.32 Å². The summed E-state index contributed by atoms with van der Waals surface area (Å²) in [5, 5.41) is 12.7. The molecule has 174 valence electrons. The predicted molar refractivity (Wildman–Crippen MR) is 113 cm³/mol. The molecule has 4 aliphatic carbocycles. The Kier molecular flexibility index (Phi) is 5.60. The van der Waals surface area contributed by atoms with E-state index in [4.69, 9.17) is 0 Å². The molecule has 6 nitrogen and oxygen atoms in total. The zero-order valence-electron chi connectivity index (χ0n) is 18.3. The van der Waals surface area contributed by atoms with Gasteiger partial charge in [-0.1, -0.05) is 0 Å². The van der Waals surface area contributed by atoms with Gasteiger partial charge in [-0.25, -0.2) is 8.78 Å². The van der Waals surface area contributed by atoms with E-state index in [1.807, 2.05) is 4.90 Å². The fourth-order valence-electron chi connectivity index (χ4n) is 6.98. The summed E-state index contributed by atoms with van der Waals surface area (Å²) in [6, 6.07) is 1.80. The van der Waals surface area contributed by atoms with Crippen LogP contribution in [-0.4, -0.2) is 59.4 Å². The van der Waals surface area contributed by atoms with Crippen molar-refractivity contribution in [1.29, 1.82) is 0 Å². The Balaban J connectivity index is 1.05. The van der Waals surface area contributed by atoms with Crippen LogP contribution in [0.4, 0.5) is 8.78 Å². The van der Waals surface area contributed by atoms with Gasteiger partial charge >= 0.3 is 0 Å². The van der Waals surface area contributed by atoms with E-state index in [0.717, 1.165) is 29.9 Å². The highest BCUT2D eigenvalue weighted by atomic mass is 19.2. The topological polar surface area (TPSA) is 72.9 Å². The number of benzene rings is 1. The van der Waals surface area contributed by atoms with Gasteiger partial charge in [0.1, 0.15) is 5.75 Å². The number of carbonyl (C=O) groups excluding carboxylic acids is 2. The number of carbonyl (C=O) groups is 2. The highest BCUT2D eigenvalue weighted by molar-refractivity contribution is 5.85. The van der Waals surface area contributed by atoms with Gasteiger partial charge in [-0.3, -0.25) is 14.5 Å². The normalized spacial score (nSPS) is 31.3. The van der Waals surface area contributed by atoms with Gasteiger partial charge in [0.15, 0.2) is 11.6 Å². The monoisotopic (exact) mass is 447 g/mol. The molecule has 1 aromatic carbocycles. The summed E-state index contributed by atoms with van der Waals surface area (Å²) in [5.41, 5.74) is 0.505. The van der Waals surface area contributed by atoms with Crippen LogP contribution in [0.3, 0.4) is 0 Å². The molecular weight excluding hydrogens is 416 g/mol. The third-order valence-electron chi connectivity index (χ3n) is 8.26. The molecule has 2 atom stereocenters. The highest BCUT2D eigenvalue weighted by Crippen LogP contribution is 2.65. The van der Waals surface area contributed by atoms with Crippen molar-refractivity contribution in [3.05, 3.63) is 29.3 Å². The Labute approximate surface area is 186 Å². The van der Waals surface area contributed by atoms with Crippen LogP contribution in [0.25, 0.3) is 0 Å². The van der Waals surface area contributed by atoms with Crippen LogP contribution in [0.5, 0.6) is 5.75 Å². The second kappa shape index (κ2) is 8.28. The van der Waals surface area contributed by atoms with E-state index in [1.165, 1.54) is 32.1 Å². The third kappa shape index (κ3) is 4.21. The molecule has 8 heteroatoms. The number of nitrogens with one attached hydrogen (secondary N) is 1. The molecule has 0 spiro atoms. The zero-order chi connectivity index (χ0) is 22.5. The maximum atomic E-state index is 13.5. The van der Waals surface area contributed by atoms with Crippen molar-refractivity contribution in [2.75, 3.05) is 32.7 Å². The predicted octanol–water partition coefficient (Wildman–Crippen LogP) is 2.65. The van der Waals surface area contributed by atoms with Crippen LogP contribution in [0.2, 0.25) is 0 Å². The Hall–Kier alpha value is -2.22. The minimum Gasteiger partial charge on any atom is -0.508 e. The molecule has 1 aliphatic heterocycles. The molecule has 0 aromatic heterocycles. The van der Waals surface area contributed by atoms with Crippen molar-refractivity contribution in [2.24, 2.45) is 23.2 Å². The van der Waals surface area contributed by atoms with Crippen molar-refractivity contribution in [1.82, 2.24) is 15.1 Å². The number of halogens is 2. The van der Waals surface area contributed by atoms with Gasteiger partial charge in [0.05, 0.1) is 6.54 Å². The molecular formula is C24H31F2N3O3. The van der Waals surface area contributed by atoms with E-state index >= 15 is 0 Å². The van der Waals surface area contributed by atoms with Gasteiger partial charge in [-0.15, -0.1) is 0 Å². The largest absolute Gasteiger partial charge is 0.508 e. The second-order valence-corrected chi connectivity index (χ2v) is 10.5. The molecule has 0 radical (unpaired) electrons. The summed E-state index contributed by atoms with van der Waals surface area (Å²) >= 11 is 0. The molecule has 5 fully saturated rings. The van der Waals surface area contributed by atoms with Crippen LogP contribution >= 0.6 is 0 Å². The van der Waals surface area contributed by atoms with Gasteiger partial charge in [0, 0.05) is 50.8 Å². The molecule has 4 bridgehead atoms. The van der Waals surface area contributed by atoms with Crippen molar-refractivity contribution in [3.8, 4) is 5.75 Å². The summed E-state index contributed by atoms with van der Waals surface area (Å²) in [4.78, 5) is 28.9. The molecule has 6 rings (SSSR count). The first-order chi connectivity index (χ1) is 15.3. The van der Waals surface area contributed by atoms with E-state index < -0.39 is 11.6 Å². The van der Waals surface area contributed by atoms with Gasteiger partial charge in [-0.05, 0) is 61.3 Å². The summed E-state index contributed by atoms with van der Waals surface area (Å²) in [6.45, 7) is 2.42. The minimum absolute atomic E-state index is 0.00672. The fourth-order valence-corrected chi connectivity index (χ4v) is 6.98. The van der Waals surface area contributed by atoms with Crippen LogP contribution in [0.1, 0.15) is 44.1 Å². The van der Waals surface area contributed by atoms with Crippen LogP contribution in [0.15, 0.2) is 12.1 Å². The number of aromatic hydroxyl groups is 1. The average Bonchev–Trinajstić information content (AvgIpc) is 3.16. The number of amides is 2. The maximum Gasteiger partial charge on any atom is 0.242 e. The fraction of sp³-hybridized carbons (Fsp3) is 0.667. The lowest BCUT2D eigenvalue weighted by Gasteiger charge is -2.38. The zero-order valence-corrected chi connectivity index (χ0v) is 18.3. The van der Waals surface area contributed by atoms with Gasteiger partial charge in [0.25, 0.3) is 0 Å². The van der Waals surface area contributed by atoms with Crippen LogP contribution in [0, 0.1) is 34.8 Å². The minimum atomic E-state index is -1.07. The van der Waals surface area contributed by atoms with E-state index in [0.29, 0.717) is 38.2 Å². The first kappa shape index (κ1) is 21.6. The van der Waals surface area contributed by atoms with E-state index in [2.05, 4.69) is 5.32 Å². The second-order valence-electron chi connectivity index (χ2n) is 10.5. The number of hydrogen-bond donors (Lipinski definition) is 2. The molecule has 1 aromatic rings. The molecule has 2 unspecified atom stereocenters. The first-order valence-corrected chi connectivity index (χ1v) is 11.7. The van der Waals surface area contributed by atoms with E-state index in [-0.39, 0.29) is 36.1 Å². The van der Waals surface area contributed by atoms with Crippen molar-refractivity contribution >= 4 is 11.8 Å². The molecule has 1 heterocycles.